The maximum Gasteiger partial charge on any atom is 0.266 e. The van der Waals surface area contributed by atoms with E-state index in [4.69, 9.17) is 0 Å². The third-order valence-electron chi connectivity index (χ3n) is 17.6. The molecule has 12 rings (SSSR count). The van der Waals surface area contributed by atoms with E-state index in [9.17, 15) is 76.7 Å². The lowest BCUT2D eigenvalue weighted by Gasteiger charge is -2.13. The first-order chi connectivity index (χ1) is 56.0. The Balaban J connectivity index is 0.000000223. The molecule has 0 bridgehead atoms. The molecule has 10 aromatic rings. The monoisotopic (exact) mass is 1590 g/mol. The number of fused-ring (bicyclic) bond motifs is 3. The van der Waals surface area contributed by atoms with Crippen molar-refractivity contribution in [3.8, 4) is 0 Å². The van der Waals surface area contributed by atoms with Crippen LogP contribution in [0, 0.1) is 0 Å². The van der Waals surface area contributed by atoms with Crippen LogP contribution < -0.4 is 9.80 Å². The zero-order chi connectivity index (χ0) is 86.4. The van der Waals surface area contributed by atoms with Crippen molar-refractivity contribution >= 4 is 164 Å². The topological polar surface area (TPSA) is 280 Å². The van der Waals surface area contributed by atoms with Crippen molar-refractivity contribution < 1.29 is 76.7 Å². The summed E-state index contributed by atoms with van der Waals surface area (Å²) in [5.74, 6) is -1.92. The zero-order valence-corrected chi connectivity index (χ0v) is 67.3. The molecule has 119 heavy (non-hydrogen) atoms. The summed E-state index contributed by atoms with van der Waals surface area (Å²) >= 11 is 0. The number of Topliss-reactive ketones (excluding diaryl/α,β-unsaturated/α-hetero) is 6. The average molecular weight is 1590 g/mol. The van der Waals surface area contributed by atoms with Crippen molar-refractivity contribution in [1.29, 1.82) is 0 Å². The van der Waals surface area contributed by atoms with Crippen LogP contribution in [0.15, 0.2) is 255 Å². The molecule has 600 valence electrons. The molecule has 0 aromatic heterocycles. The van der Waals surface area contributed by atoms with Gasteiger partial charge in [-0.2, -0.15) is 0 Å². The SMILES string of the molecule is C.CC(=O)/C=C/c1ccc(/C=C/C(C)=O)cc1.CC(=O)/C=C/c1ccc(C(C)=O)cc1.CC(=O)/C=C/c1ccc(N2C(=O)c3ccc(C(C)=O)cc3C2=O)cc1.CC(=O)/C=C/c1ccc2cc(/C=C/C(C)=O)ccc2c1.CC(=O)c1ccc(/C=C/c2ccc(C(C)=O)cc2)cc1.CC(=O)c1ccc(N2C(=O)c3ccc(C(C)=O)cc3C2=O)cc1. The lowest BCUT2D eigenvalue weighted by Crippen LogP contribution is -2.29. The number of hydrogen-bond acceptors (Lipinski definition) is 16. The number of imide groups is 2. The van der Waals surface area contributed by atoms with Crippen LogP contribution in [0.5, 0.6) is 0 Å². The van der Waals surface area contributed by atoms with Crippen molar-refractivity contribution in [3.63, 3.8) is 0 Å². The van der Waals surface area contributed by atoms with Crippen LogP contribution in [0.4, 0.5) is 11.4 Å². The fourth-order valence-electron chi connectivity index (χ4n) is 11.1. The number of allylic oxidation sites excluding steroid dienone is 6. The molecule has 0 spiro atoms. The standard InChI is InChI=1S/C20H15NO4.C18H13NO4.2C18H16O2.C14H14O2.C12H12O2.CH4/c1-12(22)3-4-14-5-8-16(9-6-14)21-19(24)17-10-7-15(13(2)23)11-18(17)20(21)25;1-10(20)12-3-6-14(7-4-12)19-17(22)15-8-5-13(11(2)21)9-16(15)18(19)23;1-13(19)3-5-15-7-9-18-12-16(6-4-14(2)20)8-10-17(18)11-15;1-13(19)17-9-5-15(6-10-17)3-4-16-7-11-18(12-8-16)14(2)20;1-11(15)3-5-13-7-9-14(10-8-13)6-4-12(2)16;1-9(13)3-4-11-5-7-12(8-6-11)10(2)14;/h3-11H,1-2H3;3-9H,1-2H3;2*3-12H,1-2H3;3-10H,1-2H3;3-8H,1-2H3;1H4/b4-3+;;5-3+,6-4+;4-3+;5-3+,6-4+;4-3+;. The third kappa shape index (κ3) is 28.5. The van der Waals surface area contributed by atoms with Gasteiger partial charge in [0.1, 0.15) is 0 Å². The molecule has 0 atom stereocenters. The quantitative estimate of drug-likeness (QED) is 0.0264. The Kier molecular flexibility index (Phi) is 34.8. The summed E-state index contributed by atoms with van der Waals surface area (Å²) < 4.78 is 0. The Labute approximate surface area is 692 Å². The van der Waals surface area contributed by atoms with Gasteiger partial charge in [-0.05, 0) is 248 Å². The van der Waals surface area contributed by atoms with E-state index in [0.717, 1.165) is 65.1 Å². The molecule has 18 heteroatoms. The van der Waals surface area contributed by atoms with Crippen LogP contribution in [-0.2, 0) is 28.8 Å². The van der Waals surface area contributed by atoms with Crippen LogP contribution in [0.2, 0.25) is 0 Å². The van der Waals surface area contributed by atoms with Gasteiger partial charge >= 0.3 is 0 Å². The molecular formula is C101H90N2O16. The summed E-state index contributed by atoms with van der Waals surface area (Å²) in [6, 6.07) is 63.7. The van der Waals surface area contributed by atoms with E-state index in [1.807, 2.05) is 146 Å². The lowest BCUT2D eigenvalue weighted by atomic mass is 10.0. The summed E-state index contributed by atoms with van der Waals surface area (Å²) in [4.78, 5) is 185. The predicted molar refractivity (Wildman–Crippen MR) is 472 cm³/mol. The van der Waals surface area contributed by atoms with Gasteiger partial charge in [0.2, 0.25) is 0 Å². The smallest absolute Gasteiger partial charge is 0.266 e. The maximum atomic E-state index is 12.6. The predicted octanol–water partition coefficient (Wildman–Crippen LogP) is 20.5. The largest absolute Gasteiger partial charge is 0.295 e. The summed E-state index contributed by atoms with van der Waals surface area (Å²) in [7, 11) is 0. The number of benzene rings is 10. The van der Waals surface area contributed by atoms with E-state index in [2.05, 4.69) is 0 Å². The van der Waals surface area contributed by atoms with Gasteiger partial charge < -0.3 is 0 Å². The Morgan fingerprint density at radius 3 is 0.630 bits per heavy atom. The van der Waals surface area contributed by atoms with Crippen molar-refractivity contribution in [2.24, 2.45) is 0 Å². The Morgan fingerprint density at radius 1 is 0.202 bits per heavy atom. The molecule has 0 fully saturated rings. The van der Waals surface area contributed by atoms with Crippen molar-refractivity contribution in [3.05, 3.63) is 355 Å². The highest BCUT2D eigenvalue weighted by Gasteiger charge is 2.38. The maximum absolute atomic E-state index is 12.6. The number of hydrogen-bond donors (Lipinski definition) is 0. The molecule has 0 saturated heterocycles. The highest BCUT2D eigenvalue weighted by molar-refractivity contribution is 6.36. The molecule has 10 aromatic carbocycles. The van der Waals surface area contributed by atoms with E-state index < -0.39 is 23.6 Å². The van der Waals surface area contributed by atoms with Crippen molar-refractivity contribution in [2.75, 3.05) is 9.80 Å². The molecule has 2 aliphatic heterocycles. The Bertz CT molecular complexity index is 5640. The van der Waals surface area contributed by atoms with Crippen LogP contribution in [0.1, 0.15) is 239 Å². The first kappa shape index (κ1) is 92.8. The van der Waals surface area contributed by atoms with Gasteiger partial charge in [0, 0.05) is 33.4 Å². The van der Waals surface area contributed by atoms with Crippen LogP contribution in [0.25, 0.3) is 59.4 Å². The second-order valence-electron chi connectivity index (χ2n) is 27.3. The minimum Gasteiger partial charge on any atom is -0.295 e. The van der Waals surface area contributed by atoms with Crippen LogP contribution in [-0.4, -0.2) is 93.0 Å². The number of carbonyl (C=O) groups is 16. The first-order valence-electron chi connectivity index (χ1n) is 37.1. The first-order valence-corrected chi connectivity index (χ1v) is 37.1. The summed E-state index contributed by atoms with van der Waals surface area (Å²) in [5.41, 5.74) is 13.0. The van der Waals surface area contributed by atoms with E-state index in [1.54, 1.807) is 117 Å². The second-order valence-corrected chi connectivity index (χ2v) is 27.3. The zero-order valence-electron chi connectivity index (χ0n) is 67.3. The van der Waals surface area contributed by atoms with Gasteiger partial charge in [0.05, 0.1) is 33.6 Å². The molecule has 2 heterocycles. The highest BCUT2D eigenvalue weighted by Crippen LogP contribution is 2.32. The van der Waals surface area contributed by atoms with Gasteiger partial charge in [-0.1, -0.05) is 202 Å². The second kappa shape index (κ2) is 44.6. The summed E-state index contributed by atoms with van der Waals surface area (Å²) in [6.07, 6.45) is 23.6. The summed E-state index contributed by atoms with van der Waals surface area (Å²) in [5, 5.41) is 2.21. The average Bonchev–Trinajstić information content (AvgIpc) is 1.61. The minimum absolute atomic E-state index is 0. The van der Waals surface area contributed by atoms with E-state index in [1.165, 1.54) is 124 Å². The minimum atomic E-state index is -0.469. The van der Waals surface area contributed by atoms with Crippen LogP contribution in [0.3, 0.4) is 0 Å². The Hall–Kier alpha value is -15.0. The number of rotatable bonds is 22. The lowest BCUT2D eigenvalue weighted by molar-refractivity contribution is -0.113. The van der Waals surface area contributed by atoms with Crippen LogP contribution >= 0.6 is 0 Å². The molecule has 0 N–H and O–H groups in total. The van der Waals surface area contributed by atoms with Crippen molar-refractivity contribution in [2.45, 2.75) is 90.5 Å². The van der Waals surface area contributed by atoms with Crippen molar-refractivity contribution in [1.82, 2.24) is 0 Å². The highest BCUT2D eigenvalue weighted by atomic mass is 16.2. The molecule has 0 radical (unpaired) electrons. The number of nitrogens with zero attached hydrogens (tertiary/aromatic N) is 2. The van der Waals surface area contributed by atoms with Gasteiger partial charge in [-0.3, -0.25) is 76.7 Å². The van der Waals surface area contributed by atoms with Gasteiger partial charge in [-0.25, -0.2) is 9.80 Å². The number of ketones is 12. The van der Waals surface area contributed by atoms with Gasteiger partial charge in [0.15, 0.2) is 69.4 Å². The number of anilines is 2. The number of carbonyl (C=O) groups excluding carboxylic acids is 16. The van der Waals surface area contributed by atoms with E-state index in [0.29, 0.717) is 44.8 Å². The number of amides is 4. The van der Waals surface area contributed by atoms with Gasteiger partial charge in [0.25, 0.3) is 23.6 Å². The molecule has 4 amide bonds. The normalized spacial score (nSPS) is 11.8. The fraction of sp³-hybridized carbons (Fsp3) is 0.129. The molecule has 2 aliphatic rings. The molecule has 18 nitrogen and oxygen atoms in total. The molecule has 0 aliphatic carbocycles. The van der Waals surface area contributed by atoms with E-state index in [-0.39, 0.29) is 99.1 Å². The molecular weight excluding hydrogens is 1500 g/mol. The fourth-order valence-corrected chi connectivity index (χ4v) is 11.1. The Morgan fingerprint density at radius 2 is 0.387 bits per heavy atom. The third-order valence-corrected chi connectivity index (χ3v) is 17.6. The molecule has 0 unspecified atom stereocenters. The van der Waals surface area contributed by atoms with Gasteiger partial charge in [-0.15, -0.1) is 0 Å². The summed E-state index contributed by atoms with van der Waals surface area (Å²) in [6.45, 7) is 18.0. The van der Waals surface area contributed by atoms with E-state index >= 15 is 0 Å². The molecule has 0 saturated carbocycles.